The first-order chi connectivity index (χ1) is 10.7. The van der Waals surface area contributed by atoms with E-state index >= 15 is 0 Å². The summed E-state index contributed by atoms with van der Waals surface area (Å²) in [5.41, 5.74) is 1.70. The van der Waals surface area contributed by atoms with Crippen LogP contribution in [0.1, 0.15) is 36.5 Å². The Labute approximate surface area is 134 Å². The second-order valence-electron chi connectivity index (χ2n) is 5.10. The van der Waals surface area contributed by atoms with E-state index in [4.69, 9.17) is 16.3 Å². The van der Waals surface area contributed by atoms with Gasteiger partial charge >= 0.3 is 0 Å². The summed E-state index contributed by atoms with van der Waals surface area (Å²) < 4.78 is 32.1. The summed E-state index contributed by atoms with van der Waals surface area (Å²) in [5, 5.41) is 0. The van der Waals surface area contributed by atoms with Crippen molar-refractivity contribution in [3.05, 3.63) is 71.3 Å². The molecule has 2 rings (SSSR count). The summed E-state index contributed by atoms with van der Waals surface area (Å²) in [5.74, 6) is 0.0757. The first-order valence-corrected chi connectivity index (χ1v) is 7.92. The summed E-state index contributed by atoms with van der Waals surface area (Å²) in [6.45, 7) is 0.580. The van der Waals surface area contributed by atoms with Crippen LogP contribution in [0.2, 0.25) is 0 Å². The Morgan fingerprint density at radius 1 is 0.773 bits per heavy atom. The predicted octanol–water partition coefficient (Wildman–Crippen LogP) is 5.48. The molecule has 0 aromatic heterocycles. The fourth-order valence-electron chi connectivity index (χ4n) is 2.23. The van der Waals surface area contributed by atoms with Crippen molar-refractivity contribution < 1.29 is 13.5 Å². The van der Waals surface area contributed by atoms with Gasteiger partial charge in [0.25, 0.3) is 0 Å². The largest absolute Gasteiger partial charge is 0.369 e. The van der Waals surface area contributed by atoms with Crippen LogP contribution in [0.4, 0.5) is 8.78 Å². The molecule has 0 fully saturated rings. The van der Waals surface area contributed by atoms with Gasteiger partial charge in [0.05, 0.1) is 0 Å². The second-order valence-corrected chi connectivity index (χ2v) is 5.48. The van der Waals surface area contributed by atoms with Crippen LogP contribution in [-0.4, -0.2) is 12.5 Å². The molecule has 1 nitrogen and oxygen atoms in total. The fourth-order valence-corrected chi connectivity index (χ4v) is 2.42. The fraction of sp³-hybridized carbons (Fsp3) is 0.333. The van der Waals surface area contributed by atoms with E-state index in [1.165, 1.54) is 24.3 Å². The van der Waals surface area contributed by atoms with E-state index in [0.29, 0.717) is 12.5 Å². The maximum absolute atomic E-state index is 13.1. The zero-order chi connectivity index (χ0) is 15.8. The lowest BCUT2D eigenvalue weighted by atomic mass is 10.0. The zero-order valence-electron chi connectivity index (χ0n) is 12.3. The molecule has 0 radical (unpaired) electrons. The molecule has 2 aromatic carbocycles. The molecule has 22 heavy (non-hydrogen) atoms. The monoisotopic (exact) mass is 324 g/mol. The third-order valence-corrected chi connectivity index (χ3v) is 3.68. The second kappa shape index (κ2) is 8.86. The van der Waals surface area contributed by atoms with Gasteiger partial charge in [-0.05, 0) is 54.7 Å². The minimum absolute atomic E-state index is 0.288. The maximum Gasteiger partial charge on any atom is 0.123 e. The quantitative estimate of drug-likeness (QED) is 0.461. The molecule has 0 unspecified atom stereocenters. The lowest BCUT2D eigenvalue weighted by molar-refractivity contribution is 0.0770. The van der Waals surface area contributed by atoms with Gasteiger partial charge in [-0.25, -0.2) is 8.78 Å². The Morgan fingerprint density at radius 3 is 1.73 bits per heavy atom. The number of hydrogen-bond acceptors (Lipinski definition) is 1. The minimum Gasteiger partial charge on any atom is -0.369 e. The first-order valence-electron chi connectivity index (χ1n) is 7.39. The molecular formula is C18H19ClF2O. The molecule has 0 bridgehead atoms. The zero-order valence-corrected chi connectivity index (χ0v) is 13.0. The molecule has 4 heteroatoms. The molecule has 0 amide bonds. The summed E-state index contributed by atoms with van der Waals surface area (Å²) in [7, 11) is 0. The smallest absolute Gasteiger partial charge is 0.123 e. The van der Waals surface area contributed by atoms with E-state index in [1.54, 1.807) is 24.3 Å². The van der Waals surface area contributed by atoms with E-state index in [2.05, 4.69) is 0 Å². The molecule has 0 spiro atoms. The van der Waals surface area contributed by atoms with Crippen molar-refractivity contribution in [2.45, 2.75) is 25.4 Å². The van der Waals surface area contributed by atoms with E-state index in [1.807, 2.05) is 0 Å². The third-order valence-electron chi connectivity index (χ3n) is 3.41. The highest BCUT2D eigenvalue weighted by molar-refractivity contribution is 6.17. The number of benzene rings is 2. The number of rotatable bonds is 8. The van der Waals surface area contributed by atoms with Crippen LogP contribution in [0.15, 0.2) is 48.5 Å². The Hall–Kier alpha value is -1.45. The van der Waals surface area contributed by atoms with E-state index in [9.17, 15) is 8.78 Å². The van der Waals surface area contributed by atoms with E-state index < -0.39 is 0 Å². The maximum atomic E-state index is 13.1. The number of hydrogen-bond donors (Lipinski definition) is 0. The van der Waals surface area contributed by atoms with Crippen molar-refractivity contribution in [2.75, 3.05) is 12.5 Å². The summed E-state index contributed by atoms with van der Waals surface area (Å²) in [6.07, 6.45) is 2.55. The van der Waals surface area contributed by atoms with Gasteiger partial charge in [0.15, 0.2) is 0 Å². The molecule has 0 saturated carbocycles. The molecule has 0 heterocycles. The van der Waals surface area contributed by atoms with Crippen LogP contribution in [-0.2, 0) is 4.74 Å². The van der Waals surface area contributed by atoms with Crippen molar-refractivity contribution in [2.24, 2.45) is 0 Å². The van der Waals surface area contributed by atoms with Gasteiger partial charge < -0.3 is 4.74 Å². The standard InChI is InChI=1S/C18H19ClF2O/c19-12-2-1-3-13-22-18(14-4-8-16(20)9-5-14)15-6-10-17(21)11-7-15/h4-11,18H,1-3,12-13H2. The van der Waals surface area contributed by atoms with Crippen LogP contribution in [0.5, 0.6) is 0 Å². The Kier molecular flexibility index (Phi) is 6.81. The average Bonchev–Trinajstić information content (AvgIpc) is 2.53. The third kappa shape index (κ3) is 5.08. The van der Waals surface area contributed by atoms with Gasteiger partial charge in [0, 0.05) is 12.5 Å². The van der Waals surface area contributed by atoms with Gasteiger partial charge in [-0.15, -0.1) is 11.6 Å². The summed E-state index contributed by atoms with van der Waals surface area (Å²) in [4.78, 5) is 0. The van der Waals surface area contributed by atoms with Crippen molar-refractivity contribution in [1.29, 1.82) is 0 Å². The number of ether oxygens (including phenoxy) is 1. The highest BCUT2D eigenvalue weighted by atomic mass is 35.5. The van der Waals surface area contributed by atoms with Gasteiger partial charge in [0.2, 0.25) is 0 Å². The molecule has 118 valence electrons. The number of unbranched alkanes of at least 4 members (excludes halogenated alkanes) is 2. The summed E-state index contributed by atoms with van der Waals surface area (Å²) >= 11 is 5.65. The number of halogens is 3. The molecule has 0 saturated heterocycles. The van der Waals surface area contributed by atoms with Crippen molar-refractivity contribution >= 4 is 11.6 Å². The van der Waals surface area contributed by atoms with Crippen molar-refractivity contribution in [3.63, 3.8) is 0 Å². The average molecular weight is 325 g/mol. The highest BCUT2D eigenvalue weighted by Gasteiger charge is 2.15. The summed E-state index contributed by atoms with van der Waals surface area (Å²) in [6, 6.07) is 12.4. The first kappa shape index (κ1) is 16.9. The minimum atomic E-state index is -0.322. The molecule has 0 N–H and O–H groups in total. The topological polar surface area (TPSA) is 9.23 Å². The molecule has 2 aromatic rings. The van der Waals surface area contributed by atoms with Crippen LogP contribution in [0.3, 0.4) is 0 Å². The van der Waals surface area contributed by atoms with E-state index in [0.717, 1.165) is 30.4 Å². The van der Waals surface area contributed by atoms with Crippen molar-refractivity contribution in [1.82, 2.24) is 0 Å². The SMILES string of the molecule is Fc1ccc(C(OCCCCCCl)c2ccc(F)cc2)cc1. The lowest BCUT2D eigenvalue weighted by Gasteiger charge is -2.19. The van der Waals surface area contributed by atoms with E-state index in [-0.39, 0.29) is 17.7 Å². The molecule has 0 aliphatic carbocycles. The number of alkyl halides is 1. The molecule has 0 atom stereocenters. The Bertz CT molecular complexity index is 509. The Morgan fingerprint density at radius 2 is 1.27 bits per heavy atom. The van der Waals surface area contributed by atoms with Crippen LogP contribution < -0.4 is 0 Å². The molecule has 0 aliphatic heterocycles. The van der Waals surface area contributed by atoms with Crippen LogP contribution >= 0.6 is 11.6 Å². The normalized spacial score (nSPS) is 11.1. The van der Waals surface area contributed by atoms with Crippen LogP contribution in [0, 0.1) is 11.6 Å². The van der Waals surface area contributed by atoms with Gasteiger partial charge in [-0.1, -0.05) is 24.3 Å². The Balaban J connectivity index is 2.10. The lowest BCUT2D eigenvalue weighted by Crippen LogP contribution is -2.08. The van der Waals surface area contributed by atoms with Crippen LogP contribution in [0.25, 0.3) is 0 Å². The van der Waals surface area contributed by atoms with Gasteiger partial charge in [-0.2, -0.15) is 0 Å². The van der Waals surface area contributed by atoms with Gasteiger partial charge in [0.1, 0.15) is 17.7 Å². The predicted molar refractivity (Wildman–Crippen MR) is 85.2 cm³/mol. The van der Waals surface area contributed by atoms with Crippen molar-refractivity contribution in [3.8, 4) is 0 Å². The molecular weight excluding hydrogens is 306 g/mol. The van der Waals surface area contributed by atoms with Gasteiger partial charge in [-0.3, -0.25) is 0 Å². The highest BCUT2D eigenvalue weighted by Crippen LogP contribution is 2.27. The molecule has 0 aliphatic rings.